The van der Waals surface area contributed by atoms with Crippen LogP contribution in [0.2, 0.25) is 0 Å². The molecule has 1 saturated heterocycles. The summed E-state index contributed by atoms with van der Waals surface area (Å²) in [5.41, 5.74) is 7.86. The summed E-state index contributed by atoms with van der Waals surface area (Å²) in [6.07, 6.45) is 3.85. The Labute approximate surface area is 112 Å². The molecule has 0 radical (unpaired) electrons. The predicted octanol–water partition coefficient (Wildman–Crippen LogP) is 1.64. The number of rotatable bonds is 3. The van der Waals surface area contributed by atoms with Crippen molar-refractivity contribution in [2.75, 3.05) is 19.6 Å². The molecule has 0 saturated carbocycles. The Morgan fingerprint density at radius 1 is 1.42 bits per heavy atom. The lowest BCUT2D eigenvalue weighted by Gasteiger charge is -2.17. The van der Waals surface area contributed by atoms with Gasteiger partial charge in [-0.3, -0.25) is 4.90 Å². The van der Waals surface area contributed by atoms with Crippen LogP contribution in [0, 0.1) is 11.3 Å². The van der Waals surface area contributed by atoms with Crippen LogP contribution in [0.15, 0.2) is 30.5 Å². The number of aromatic nitrogens is 1. The Kier molecular flexibility index (Phi) is 3.02. The van der Waals surface area contributed by atoms with Crippen LogP contribution in [0.3, 0.4) is 0 Å². The third-order valence-corrected chi connectivity index (χ3v) is 3.97. The Hall–Kier alpha value is -1.83. The van der Waals surface area contributed by atoms with E-state index in [0.717, 1.165) is 25.9 Å². The lowest BCUT2D eigenvalue weighted by Crippen LogP contribution is -2.41. The van der Waals surface area contributed by atoms with Crippen LogP contribution < -0.4 is 5.73 Å². The summed E-state index contributed by atoms with van der Waals surface area (Å²) in [5.74, 6) is 0. The number of nitriles is 1. The van der Waals surface area contributed by atoms with Crippen LogP contribution in [0.1, 0.15) is 12.0 Å². The first-order valence-electron chi connectivity index (χ1n) is 6.68. The molecule has 4 heteroatoms. The molecule has 0 aliphatic carbocycles. The van der Waals surface area contributed by atoms with Gasteiger partial charge in [-0.1, -0.05) is 18.2 Å². The zero-order valence-corrected chi connectivity index (χ0v) is 10.9. The number of nitrogens with one attached hydrogen (secondary N) is 1. The van der Waals surface area contributed by atoms with E-state index in [1.807, 2.05) is 6.07 Å². The minimum Gasteiger partial charge on any atom is -0.361 e. The third kappa shape index (κ3) is 2.35. The molecule has 1 fully saturated rings. The van der Waals surface area contributed by atoms with Gasteiger partial charge in [0.15, 0.2) is 0 Å². The minimum absolute atomic E-state index is 0.639. The highest BCUT2D eigenvalue weighted by Gasteiger charge is 2.34. The highest BCUT2D eigenvalue weighted by molar-refractivity contribution is 5.83. The number of H-pyrrole nitrogens is 1. The van der Waals surface area contributed by atoms with E-state index in [1.165, 1.54) is 16.5 Å². The molecule has 3 N–H and O–H groups in total. The molecule has 1 aliphatic heterocycles. The number of hydrogen-bond donors (Lipinski definition) is 2. The lowest BCUT2D eigenvalue weighted by atomic mass is 10.0. The van der Waals surface area contributed by atoms with Crippen molar-refractivity contribution in [2.24, 2.45) is 5.73 Å². The van der Waals surface area contributed by atoms with E-state index in [0.29, 0.717) is 6.54 Å². The number of nitrogens with two attached hydrogens (primary N) is 1. The fourth-order valence-electron chi connectivity index (χ4n) is 2.81. The number of likely N-dealkylation sites (tertiary alicyclic amines) is 1. The van der Waals surface area contributed by atoms with Gasteiger partial charge in [0.2, 0.25) is 0 Å². The Bertz CT molecular complexity index is 624. The number of fused-ring (bicyclic) bond motifs is 1. The van der Waals surface area contributed by atoms with Gasteiger partial charge in [0.1, 0.15) is 5.54 Å². The molecular weight excluding hydrogens is 236 g/mol. The predicted molar refractivity (Wildman–Crippen MR) is 75.6 cm³/mol. The van der Waals surface area contributed by atoms with Crippen molar-refractivity contribution in [2.45, 2.75) is 18.4 Å². The van der Waals surface area contributed by atoms with Crippen molar-refractivity contribution in [3.05, 3.63) is 36.0 Å². The van der Waals surface area contributed by atoms with E-state index >= 15 is 0 Å². The molecule has 1 aliphatic rings. The van der Waals surface area contributed by atoms with Crippen LogP contribution in [0.4, 0.5) is 0 Å². The first-order chi connectivity index (χ1) is 9.20. The molecule has 4 nitrogen and oxygen atoms in total. The standard InChI is InChI=1S/C15H18N4/c16-10-15(17)6-8-19(11-15)7-5-12-9-18-14-4-2-1-3-13(12)14/h1-4,9,18H,5-8,11,17H2. The molecule has 0 amide bonds. The van der Waals surface area contributed by atoms with Crippen LogP contribution in [0.25, 0.3) is 10.9 Å². The van der Waals surface area contributed by atoms with Gasteiger partial charge >= 0.3 is 0 Å². The molecule has 1 aromatic heterocycles. The van der Waals surface area contributed by atoms with Gasteiger partial charge < -0.3 is 10.7 Å². The molecule has 3 rings (SSSR count). The van der Waals surface area contributed by atoms with Gasteiger partial charge in [0.25, 0.3) is 0 Å². The summed E-state index contributed by atoms with van der Waals surface area (Å²) in [5, 5.41) is 10.3. The Balaban J connectivity index is 1.66. The monoisotopic (exact) mass is 254 g/mol. The lowest BCUT2D eigenvalue weighted by molar-refractivity contribution is 0.330. The second-order valence-corrected chi connectivity index (χ2v) is 5.40. The zero-order valence-electron chi connectivity index (χ0n) is 10.9. The van der Waals surface area contributed by atoms with Crippen molar-refractivity contribution in [3.63, 3.8) is 0 Å². The SMILES string of the molecule is N#CC1(N)CCN(CCc2c[nH]c3ccccc23)C1. The minimum atomic E-state index is -0.639. The van der Waals surface area contributed by atoms with E-state index < -0.39 is 5.54 Å². The second-order valence-electron chi connectivity index (χ2n) is 5.40. The molecule has 1 aromatic carbocycles. The van der Waals surface area contributed by atoms with E-state index in [2.05, 4.69) is 40.3 Å². The maximum atomic E-state index is 9.03. The maximum absolute atomic E-state index is 9.03. The topological polar surface area (TPSA) is 68.8 Å². The molecule has 1 atom stereocenters. The van der Waals surface area contributed by atoms with Crippen molar-refractivity contribution in [3.8, 4) is 6.07 Å². The van der Waals surface area contributed by atoms with Crippen LogP contribution >= 0.6 is 0 Å². The highest BCUT2D eigenvalue weighted by atomic mass is 15.2. The molecular formula is C15H18N4. The zero-order chi connectivity index (χ0) is 13.3. The number of aromatic amines is 1. The van der Waals surface area contributed by atoms with Crippen LogP contribution in [-0.2, 0) is 6.42 Å². The van der Waals surface area contributed by atoms with E-state index in [-0.39, 0.29) is 0 Å². The van der Waals surface area contributed by atoms with Gasteiger partial charge in [-0.15, -0.1) is 0 Å². The van der Waals surface area contributed by atoms with E-state index in [9.17, 15) is 0 Å². The molecule has 0 spiro atoms. The second kappa shape index (κ2) is 4.69. The summed E-state index contributed by atoms with van der Waals surface area (Å²) in [6.45, 7) is 2.57. The summed E-state index contributed by atoms with van der Waals surface area (Å²) in [4.78, 5) is 5.58. The number of hydrogen-bond acceptors (Lipinski definition) is 3. The molecule has 1 unspecified atom stereocenters. The fraction of sp³-hybridized carbons (Fsp3) is 0.400. The van der Waals surface area contributed by atoms with Gasteiger partial charge in [0.05, 0.1) is 6.07 Å². The summed E-state index contributed by atoms with van der Waals surface area (Å²) in [7, 11) is 0. The average Bonchev–Trinajstić information content (AvgIpc) is 3.01. The fourth-order valence-corrected chi connectivity index (χ4v) is 2.81. The maximum Gasteiger partial charge on any atom is 0.118 e. The normalized spacial score (nSPS) is 23.8. The smallest absolute Gasteiger partial charge is 0.118 e. The summed E-state index contributed by atoms with van der Waals surface area (Å²) < 4.78 is 0. The van der Waals surface area contributed by atoms with Crippen molar-refractivity contribution < 1.29 is 0 Å². The first-order valence-corrected chi connectivity index (χ1v) is 6.68. The van der Waals surface area contributed by atoms with Crippen LogP contribution in [0.5, 0.6) is 0 Å². The van der Waals surface area contributed by atoms with E-state index in [1.54, 1.807) is 0 Å². The molecule has 2 heterocycles. The molecule has 2 aromatic rings. The molecule has 0 bridgehead atoms. The molecule has 19 heavy (non-hydrogen) atoms. The first kappa shape index (κ1) is 12.2. The van der Waals surface area contributed by atoms with Gasteiger partial charge in [-0.05, 0) is 24.5 Å². The average molecular weight is 254 g/mol. The Morgan fingerprint density at radius 3 is 3.05 bits per heavy atom. The van der Waals surface area contributed by atoms with Crippen molar-refractivity contribution in [1.29, 1.82) is 5.26 Å². The van der Waals surface area contributed by atoms with Crippen molar-refractivity contribution >= 4 is 10.9 Å². The summed E-state index contributed by atoms with van der Waals surface area (Å²) in [6, 6.07) is 10.6. The third-order valence-electron chi connectivity index (χ3n) is 3.97. The van der Waals surface area contributed by atoms with E-state index in [4.69, 9.17) is 11.0 Å². The number of nitrogens with zero attached hydrogens (tertiary/aromatic N) is 2. The number of para-hydroxylation sites is 1. The van der Waals surface area contributed by atoms with Crippen molar-refractivity contribution in [1.82, 2.24) is 9.88 Å². The molecule has 98 valence electrons. The van der Waals surface area contributed by atoms with Gasteiger partial charge in [0, 0.05) is 36.7 Å². The van der Waals surface area contributed by atoms with Crippen LogP contribution in [-0.4, -0.2) is 35.1 Å². The summed E-state index contributed by atoms with van der Waals surface area (Å²) >= 11 is 0. The quantitative estimate of drug-likeness (QED) is 0.874. The Morgan fingerprint density at radius 2 is 2.26 bits per heavy atom. The largest absolute Gasteiger partial charge is 0.361 e. The van der Waals surface area contributed by atoms with Gasteiger partial charge in [-0.2, -0.15) is 5.26 Å². The van der Waals surface area contributed by atoms with Gasteiger partial charge in [-0.25, -0.2) is 0 Å². The number of benzene rings is 1. The highest BCUT2D eigenvalue weighted by Crippen LogP contribution is 2.21.